The number of rotatable bonds is 35. The summed E-state index contributed by atoms with van der Waals surface area (Å²) >= 11 is 0. The number of nitrogens with two attached hydrogens (primary N) is 4. The van der Waals surface area contributed by atoms with Gasteiger partial charge in [-0.3, -0.25) is 47.9 Å². The zero-order valence-electron chi connectivity index (χ0n) is 38.8. The van der Waals surface area contributed by atoms with Gasteiger partial charge in [-0.25, -0.2) is 4.79 Å². The first kappa shape index (κ1) is 60.1. The van der Waals surface area contributed by atoms with Gasteiger partial charge in [0.1, 0.15) is 42.0 Å². The Labute approximate surface area is 398 Å². The van der Waals surface area contributed by atoms with E-state index in [4.69, 9.17) is 22.9 Å². The van der Waals surface area contributed by atoms with E-state index in [0.717, 1.165) is 0 Å². The van der Waals surface area contributed by atoms with Crippen molar-refractivity contribution in [1.82, 2.24) is 37.2 Å². The lowest BCUT2D eigenvalue weighted by Crippen LogP contribution is -2.59. The number of carboxylic acids is 3. The summed E-state index contributed by atoms with van der Waals surface area (Å²) in [5.74, 6) is -12.0. The zero-order chi connectivity index (χ0) is 52.2. The number of nitrogens with one attached hydrogen (secondary N) is 7. The van der Waals surface area contributed by atoms with Crippen molar-refractivity contribution in [3.05, 3.63) is 29.8 Å². The largest absolute Gasteiger partial charge is 0.508 e. The van der Waals surface area contributed by atoms with Gasteiger partial charge in [0.15, 0.2) is 0 Å². The first-order chi connectivity index (χ1) is 32.5. The fraction of sp³-hybridized carbons (Fsp3) is 0.605. The third-order valence-electron chi connectivity index (χ3n) is 10.3. The Balaban J connectivity index is 3.29. The van der Waals surface area contributed by atoms with E-state index < -0.39 is 146 Å². The molecule has 1 aromatic carbocycles. The van der Waals surface area contributed by atoms with Crippen LogP contribution in [0.3, 0.4) is 0 Å². The molecule has 0 saturated carbocycles. The van der Waals surface area contributed by atoms with E-state index in [9.17, 15) is 73.2 Å². The highest BCUT2D eigenvalue weighted by molar-refractivity contribution is 5.97. The van der Waals surface area contributed by atoms with E-state index in [-0.39, 0.29) is 63.3 Å². The van der Waals surface area contributed by atoms with Gasteiger partial charge in [0.25, 0.3) is 0 Å². The van der Waals surface area contributed by atoms with Crippen molar-refractivity contribution in [2.24, 2.45) is 28.9 Å². The second-order valence-electron chi connectivity index (χ2n) is 16.7. The van der Waals surface area contributed by atoms with E-state index in [2.05, 4.69) is 37.2 Å². The van der Waals surface area contributed by atoms with Crippen LogP contribution in [-0.2, 0) is 59.2 Å². The highest BCUT2D eigenvalue weighted by Crippen LogP contribution is 2.13. The second kappa shape index (κ2) is 31.9. The molecule has 1 rings (SSSR count). The van der Waals surface area contributed by atoms with Crippen molar-refractivity contribution in [1.29, 1.82) is 0 Å². The van der Waals surface area contributed by atoms with E-state index in [1.165, 1.54) is 24.3 Å². The third-order valence-corrected chi connectivity index (χ3v) is 10.3. The van der Waals surface area contributed by atoms with Gasteiger partial charge in [-0.2, -0.15) is 0 Å². The number of aliphatic carboxylic acids is 3. The van der Waals surface area contributed by atoms with Crippen molar-refractivity contribution >= 4 is 65.2 Å². The monoisotopic (exact) mass is 979 g/mol. The Hall–Kier alpha value is -6.93. The molecule has 386 valence electrons. The summed E-state index contributed by atoms with van der Waals surface area (Å²) in [6.45, 7) is 3.19. The Bertz CT molecular complexity index is 1920. The Morgan fingerprint density at radius 3 is 1.39 bits per heavy atom. The molecular formula is C43H69N11O15. The van der Waals surface area contributed by atoms with Gasteiger partial charge < -0.3 is 80.6 Å². The van der Waals surface area contributed by atoms with E-state index in [1.54, 1.807) is 13.8 Å². The summed E-state index contributed by atoms with van der Waals surface area (Å²) in [4.78, 5) is 141. The van der Waals surface area contributed by atoms with E-state index in [1.807, 2.05) is 0 Å². The molecule has 0 spiro atoms. The van der Waals surface area contributed by atoms with Crippen LogP contribution in [0.4, 0.5) is 0 Å². The molecule has 0 fully saturated rings. The summed E-state index contributed by atoms with van der Waals surface area (Å²) in [6.07, 6.45) is -1.73. The predicted molar refractivity (Wildman–Crippen MR) is 245 cm³/mol. The van der Waals surface area contributed by atoms with Crippen molar-refractivity contribution in [2.45, 2.75) is 140 Å². The summed E-state index contributed by atoms with van der Waals surface area (Å²) < 4.78 is 0. The third kappa shape index (κ3) is 25.1. The van der Waals surface area contributed by atoms with Gasteiger partial charge in [-0.05, 0) is 94.5 Å². The molecule has 0 aliphatic carbocycles. The topological polar surface area (TPSA) is 457 Å². The highest BCUT2D eigenvalue weighted by atomic mass is 16.4. The van der Waals surface area contributed by atoms with Crippen molar-refractivity contribution in [3.63, 3.8) is 0 Å². The van der Waals surface area contributed by atoms with Crippen molar-refractivity contribution in [2.75, 3.05) is 19.6 Å². The molecule has 7 atom stereocenters. The van der Waals surface area contributed by atoms with Gasteiger partial charge in [0.2, 0.25) is 47.3 Å². The summed E-state index contributed by atoms with van der Waals surface area (Å²) in [6, 6.07) is -4.74. The molecule has 0 radical (unpaired) electrons. The molecule has 0 heterocycles. The highest BCUT2D eigenvalue weighted by Gasteiger charge is 2.33. The van der Waals surface area contributed by atoms with E-state index in [0.29, 0.717) is 18.4 Å². The maximum absolute atomic E-state index is 13.9. The average Bonchev–Trinajstić information content (AvgIpc) is 3.27. The van der Waals surface area contributed by atoms with Crippen LogP contribution in [0.5, 0.6) is 5.75 Å². The van der Waals surface area contributed by atoms with E-state index >= 15 is 0 Å². The maximum Gasteiger partial charge on any atom is 0.326 e. The molecular weight excluding hydrogens is 911 g/mol. The molecule has 0 saturated heterocycles. The number of primary amides is 1. The van der Waals surface area contributed by atoms with Crippen molar-refractivity contribution in [3.8, 4) is 5.75 Å². The molecule has 19 N–H and O–H groups in total. The Morgan fingerprint density at radius 2 is 0.971 bits per heavy atom. The van der Waals surface area contributed by atoms with Crippen LogP contribution in [0.1, 0.15) is 96.5 Å². The minimum atomic E-state index is -1.68. The number of hydrogen-bond donors (Lipinski definition) is 15. The molecule has 69 heavy (non-hydrogen) atoms. The Morgan fingerprint density at radius 1 is 0.551 bits per heavy atom. The molecule has 0 bridgehead atoms. The SMILES string of the molecule is CC(C)C[C@H](N)C(=O)N[C@@H](CCC(=O)O)C(=O)N[C@@H](CCC(=O)O)C(=O)N[C@@H](CCCCN)C(=O)N[C@@H](CCCCN)C(=O)NCC(=O)N[C@@H](CC(N)=O)C(=O)N[C@@H](Cc1ccc(O)cc1)C(=O)O. The predicted octanol–water partition coefficient (Wildman–Crippen LogP) is -3.72. The van der Waals surface area contributed by atoms with Crippen LogP contribution in [0.2, 0.25) is 0 Å². The van der Waals surface area contributed by atoms with Gasteiger partial charge in [0.05, 0.1) is 19.0 Å². The number of carboxylic acid groups (broad SMARTS) is 3. The normalized spacial score (nSPS) is 14.0. The lowest BCUT2D eigenvalue weighted by atomic mass is 10.0. The first-order valence-electron chi connectivity index (χ1n) is 22.4. The van der Waals surface area contributed by atoms with Crippen LogP contribution >= 0.6 is 0 Å². The van der Waals surface area contributed by atoms with Crippen LogP contribution in [-0.4, -0.2) is 148 Å². The lowest BCUT2D eigenvalue weighted by molar-refractivity contribution is -0.142. The molecule has 0 aliphatic heterocycles. The van der Waals surface area contributed by atoms with Crippen LogP contribution in [0.25, 0.3) is 0 Å². The van der Waals surface area contributed by atoms with Crippen LogP contribution in [0, 0.1) is 5.92 Å². The lowest BCUT2D eigenvalue weighted by Gasteiger charge is -2.27. The summed E-state index contributed by atoms with van der Waals surface area (Å²) in [5.41, 5.74) is 23.0. The standard InChI is InChI=1S/C43H69N11O15/c1-23(2)19-26(46)37(62)50-29(13-15-35(58)59)40(65)53-30(14-16-36(60)61)41(66)52-28(8-4-6-18-45)39(64)51-27(7-3-5-17-44)38(63)48-22-34(57)49-31(21-33(47)56)42(67)54-32(43(68)69)20-24-9-11-25(55)12-10-24/h9-12,23,26-32,55H,3-8,13-22,44-46H2,1-2H3,(H2,47,56)(H,48,63)(H,49,57)(H,50,62)(H,51,64)(H,52,66)(H,53,65)(H,54,67)(H,58,59)(H,60,61)(H,68,69)/t26-,27-,28-,29-,30-,31-,32-/m0/s1. The smallest absolute Gasteiger partial charge is 0.326 e. The van der Waals surface area contributed by atoms with Gasteiger partial charge in [-0.15, -0.1) is 0 Å². The molecule has 26 heteroatoms. The summed E-state index contributed by atoms with van der Waals surface area (Å²) in [5, 5.41) is 54.5. The molecule has 1 aromatic rings. The van der Waals surface area contributed by atoms with Gasteiger partial charge >= 0.3 is 17.9 Å². The number of carbonyl (C=O) groups excluding carboxylic acids is 8. The number of benzene rings is 1. The number of unbranched alkanes of at least 4 members (excludes halogenated alkanes) is 2. The summed E-state index contributed by atoms with van der Waals surface area (Å²) in [7, 11) is 0. The molecule has 0 unspecified atom stereocenters. The number of hydrogen-bond acceptors (Lipinski definition) is 15. The molecule has 0 aromatic heterocycles. The molecule has 0 aliphatic rings. The number of amides is 8. The number of phenols is 1. The minimum absolute atomic E-state index is 0.0122. The molecule has 26 nitrogen and oxygen atoms in total. The van der Waals surface area contributed by atoms with Crippen molar-refractivity contribution < 1.29 is 73.2 Å². The Kier molecular flexibility index (Phi) is 27.8. The quantitative estimate of drug-likeness (QED) is 0.0291. The fourth-order valence-electron chi connectivity index (χ4n) is 6.59. The number of carbonyl (C=O) groups is 11. The first-order valence-corrected chi connectivity index (χ1v) is 22.4. The zero-order valence-corrected chi connectivity index (χ0v) is 38.8. The maximum atomic E-state index is 13.9. The van der Waals surface area contributed by atoms with Gasteiger partial charge in [-0.1, -0.05) is 26.0 Å². The fourth-order valence-corrected chi connectivity index (χ4v) is 6.59. The minimum Gasteiger partial charge on any atom is -0.508 e. The van der Waals surface area contributed by atoms with Gasteiger partial charge in [0, 0.05) is 19.3 Å². The average molecular weight is 980 g/mol. The van der Waals surface area contributed by atoms with Crippen LogP contribution < -0.4 is 60.2 Å². The number of phenolic OH excluding ortho intramolecular Hbond substituents is 1. The second-order valence-corrected chi connectivity index (χ2v) is 16.7. The number of aromatic hydroxyl groups is 1. The van der Waals surface area contributed by atoms with Crippen LogP contribution in [0.15, 0.2) is 24.3 Å². The molecule has 8 amide bonds.